The molecule has 1 atom stereocenters. The summed E-state index contributed by atoms with van der Waals surface area (Å²) in [5.74, 6) is -0.265. The molecule has 0 spiro atoms. The van der Waals surface area contributed by atoms with Gasteiger partial charge in [-0.15, -0.1) is 0 Å². The van der Waals surface area contributed by atoms with Gasteiger partial charge in [-0.1, -0.05) is 36.4 Å². The topological polar surface area (TPSA) is 20.2 Å². The highest BCUT2D eigenvalue weighted by atomic mass is 19.1. The van der Waals surface area contributed by atoms with Crippen molar-refractivity contribution < 1.29 is 9.50 Å². The van der Waals surface area contributed by atoms with E-state index >= 15 is 0 Å². The number of benzene rings is 1. The monoisotopic (exact) mass is 190 g/mol. The largest absolute Gasteiger partial charge is 0.387 e. The number of aliphatic hydroxyl groups excluding tert-OH is 1. The lowest BCUT2D eigenvalue weighted by Crippen LogP contribution is -2.06. The Kier molecular flexibility index (Phi) is 2.46. The third kappa shape index (κ3) is 1.75. The van der Waals surface area contributed by atoms with Crippen LogP contribution in [0.25, 0.3) is 0 Å². The lowest BCUT2D eigenvalue weighted by molar-refractivity contribution is 0.152. The van der Waals surface area contributed by atoms with Gasteiger partial charge in [-0.25, -0.2) is 4.39 Å². The third-order valence-electron chi connectivity index (χ3n) is 2.35. The Morgan fingerprint density at radius 3 is 2.21 bits per heavy atom. The second-order valence-electron chi connectivity index (χ2n) is 3.34. The predicted molar refractivity (Wildman–Crippen MR) is 53.1 cm³/mol. The molecule has 1 aromatic rings. The van der Waals surface area contributed by atoms with Crippen molar-refractivity contribution in [2.45, 2.75) is 6.10 Å². The molecule has 0 amide bonds. The molecular weight excluding hydrogens is 179 g/mol. The quantitative estimate of drug-likeness (QED) is 0.760. The summed E-state index contributed by atoms with van der Waals surface area (Å²) in [7, 11) is 0. The van der Waals surface area contributed by atoms with Crippen LogP contribution in [-0.2, 0) is 0 Å². The van der Waals surface area contributed by atoms with E-state index in [1.165, 1.54) is 12.1 Å². The molecular formula is C12H11FO. The molecule has 1 N–H and O–H groups in total. The molecule has 1 aromatic carbocycles. The highest BCUT2D eigenvalue weighted by Gasteiger charge is 2.17. The molecule has 1 aliphatic carbocycles. The fourth-order valence-corrected chi connectivity index (χ4v) is 1.54. The van der Waals surface area contributed by atoms with Gasteiger partial charge in [0.1, 0.15) is 5.82 Å². The molecule has 0 radical (unpaired) electrons. The van der Waals surface area contributed by atoms with Gasteiger partial charge in [0.15, 0.2) is 0 Å². The second kappa shape index (κ2) is 3.76. The maximum absolute atomic E-state index is 12.6. The third-order valence-corrected chi connectivity index (χ3v) is 2.35. The minimum absolute atomic E-state index is 0.0143. The van der Waals surface area contributed by atoms with Crippen LogP contribution in [0.3, 0.4) is 0 Å². The molecule has 1 nitrogen and oxygen atoms in total. The van der Waals surface area contributed by atoms with Crippen molar-refractivity contribution in [3.05, 3.63) is 60.0 Å². The highest BCUT2D eigenvalue weighted by molar-refractivity contribution is 5.26. The second-order valence-corrected chi connectivity index (χ2v) is 3.34. The Labute approximate surface area is 82.2 Å². The molecule has 0 saturated carbocycles. The molecule has 1 aliphatic rings. The number of aliphatic hydroxyl groups is 1. The van der Waals surface area contributed by atoms with Crippen LogP contribution in [0.4, 0.5) is 4.39 Å². The average Bonchev–Trinajstić information content (AvgIpc) is 2.71. The van der Waals surface area contributed by atoms with Gasteiger partial charge in [-0.05, 0) is 17.7 Å². The number of hydrogen-bond donors (Lipinski definition) is 1. The van der Waals surface area contributed by atoms with E-state index in [4.69, 9.17) is 0 Å². The lowest BCUT2D eigenvalue weighted by Gasteiger charge is -2.14. The number of hydrogen-bond acceptors (Lipinski definition) is 1. The van der Waals surface area contributed by atoms with E-state index in [-0.39, 0.29) is 11.7 Å². The Morgan fingerprint density at radius 1 is 1.07 bits per heavy atom. The van der Waals surface area contributed by atoms with Crippen molar-refractivity contribution in [1.82, 2.24) is 0 Å². The normalized spacial score (nSPS) is 17.6. The first-order valence-electron chi connectivity index (χ1n) is 4.56. The van der Waals surface area contributed by atoms with E-state index < -0.39 is 6.10 Å². The molecule has 1 unspecified atom stereocenters. The predicted octanol–water partition coefficient (Wildman–Crippen LogP) is 2.60. The summed E-state index contributed by atoms with van der Waals surface area (Å²) < 4.78 is 12.6. The molecule has 0 fully saturated rings. The van der Waals surface area contributed by atoms with Gasteiger partial charge in [-0.3, -0.25) is 0 Å². The van der Waals surface area contributed by atoms with Crippen LogP contribution in [0, 0.1) is 11.7 Å². The van der Waals surface area contributed by atoms with Crippen molar-refractivity contribution in [3.8, 4) is 0 Å². The van der Waals surface area contributed by atoms with Gasteiger partial charge < -0.3 is 5.11 Å². The summed E-state index contributed by atoms with van der Waals surface area (Å²) in [5.41, 5.74) is 0.743. The Hall–Kier alpha value is -1.41. The van der Waals surface area contributed by atoms with Crippen LogP contribution in [0.1, 0.15) is 11.7 Å². The van der Waals surface area contributed by atoms with Crippen LogP contribution in [0.2, 0.25) is 0 Å². The van der Waals surface area contributed by atoms with E-state index in [2.05, 4.69) is 0 Å². The molecule has 2 rings (SSSR count). The molecule has 0 bridgehead atoms. The zero-order valence-corrected chi connectivity index (χ0v) is 7.60. The fraction of sp³-hybridized carbons (Fsp3) is 0.167. The van der Waals surface area contributed by atoms with Crippen molar-refractivity contribution >= 4 is 0 Å². The van der Waals surface area contributed by atoms with Crippen LogP contribution >= 0.6 is 0 Å². The first kappa shape index (κ1) is 9.16. The molecule has 0 aromatic heterocycles. The number of halogens is 1. The SMILES string of the molecule is OC(c1ccc(F)cc1)C1C=CC=C1. The first-order valence-corrected chi connectivity index (χ1v) is 4.56. The Balaban J connectivity index is 2.18. The molecule has 0 saturated heterocycles. The zero-order chi connectivity index (χ0) is 9.97. The Bertz CT molecular complexity index is 352. The van der Waals surface area contributed by atoms with E-state index in [1.807, 2.05) is 24.3 Å². The maximum atomic E-state index is 12.6. The van der Waals surface area contributed by atoms with Crippen LogP contribution in [0.5, 0.6) is 0 Å². The average molecular weight is 190 g/mol. The number of rotatable bonds is 2. The van der Waals surface area contributed by atoms with E-state index in [0.29, 0.717) is 0 Å². The van der Waals surface area contributed by atoms with Crippen molar-refractivity contribution in [2.75, 3.05) is 0 Å². The van der Waals surface area contributed by atoms with Crippen molar-refractivity contribution in [3.63, 3.8) is 0 Å². The van der Waals surface area contributed by atoms with Crippen molar-refractivity contribution in [2.24, 2.45) is 5.92 Å². The minimum Gasteiger partial charge on any atom is -0.387 e. The van der Waals surface area contributed by atoms with Gasteiger partial charge >= 0.3 is 0 Å². The molecule has 2 heteroatoms. The first-order chi connectivity index (χ1) is 6.77. The maximum Gasteiger partial charge on any atom is 0.123 e. The van der Waals surface area contributed by atoms with Gasteiger partial charge in [0.05, 0.1) is 6.10 Å². The standard InChI is InChI=1S/C12H11FO/c13-11-7-5-10(6-8-11)12(14)9-3-1-2-4-9/h1-9,12,14H. The highest BCUT2D eigenvalue weighted by Crippen LogP contribution is 2.26. The summed E-state index contributed by atoms with van der Waals surface area (Å²) in [6.45, 7) is 0. The van der Waals surface area contributed by atoms with Crippen LogP contribution in [-0.4, -0.2) is 5.11 Å². The summed E-state index contributed by atoms with van der Waals surface area (Å²) >= 11 is 0. The van der Waals surface area contributed by atoms with Gasteiger partial charge in [0, 0.05) is 5.92 Å². The van der Waals surface area contributed by atoms with Crippen LogP contribution in [0.15, 0.2) is 48.6 Å². The summed E-state index contributed by atoms with van der Waals surface area (Å²) in [5, 5.41) is 9.89. The smallest absolute Gasteiger partial charge is 0.123 e. The number of allylic oxidation sites excluding steroid dienone is 2. The fourth-order valence-electron chi connectivity index (χ4n) is 1.54. The van der Waals surface area contributed by atoms with Gasteiger partial charge in [-0.2, -0.15) is 0 Å². The summed E-state index contributed by atoms with van der Waals surface area (Å²) in [4.78, 5) is 0. The van der Waals surface area contributed by atoms with E-state index in [1.54, 1.807) is 12.1 Å². The summed E-state index contributed by atoms with van der Waals surface area (Å²) in [6.07, 6.45) is 7.07. The van der Waals surface area contributed by atoms with E-state index in [9.17, 15) is 9.50 Å². The molecule has 72 valence electrons. The van der Waals surface area contributed by atoms with Crippen molar-refractivity contribution in [1.29, 1.82) is 0 Å². The zero-order valence-electron chi connectivity index (χ0n) is 7.60. The van der Waals surface area contributed by atoms with Gasteiger partial charge in [0.2, 0.25) is 0 Å². The lowest BCUT2D eigenvalue weighted by atomic mass is 9.97. The van der Waals surface area contributed by atoms with Crippen LogP contribution < -0.4 is 0 Å². The molecule has 14 heavy (non-hydrogen) atoms. The summed E-state index contributed by atoms with van der Waals surface area (Å²) in [6, 6.07) is 5.95. The van der Waals surface area contributed by atoms with E-state index in [0.717, 1.165) is 5.56 Å². The minimum atomic E-state index is -0.578. The molecule has 0 aliphatic heterocycles. The molecule has 0 heterocycles. The Morgan fingerprint density at radius 2 is 1.64 bits per heavy atom. The van der Waals surface area contributed by atoms with Gasteiger partial charge in [0.25, 0.3) is 0 Å².